The van der Waals surface area contributed by atoms with Crippen molar-refractivity contribution in [3.05, 3.63) is 93.5 Å². The number of esters is 3. The molecular weight excluding hydrogens is 600 g/mol. The zero-order valence-electron chi connectivity index (χ0n) is 28.6. The minimum Gasteiger partial charge on any atom is -0.441 e. The van der Waals surface area contributed by atoms with Crippen LogP contribution in [0.1, 0.15) is 122 Å². The maximum absolute atomic E-state index is 13.6. The fraction of sp³-hybridized carbons (Fsp3) is 0.500. The molecule has 6 heteroatoms. The Labute approximate surface area is 283 Å². The highest BCUT2D eigenvalue weighted by atomic mass is 16.6. The number of cyclic esters (lactones) is 1. The molecule has 3 aromatic rings. The average molecular weight is 647 g/mol. The van der Waals surface area contributed by atoms with Crippen LogP contribution in [0.2, 0.25) is 0 Å². The van der Waals surface area contributed by atoms with Crippen molar-refractivity contribution in [2.75, 3.05) is 0 Å². The SMILES string of the molecule is CCc1cc(C2(c3ccc(OC(=O)C4C5CCCCC54)c(C(C)C)c3)OC(=O)c3ccccc32)c(C)cc1OC(=O)C1C2CCCCC21. The van der Waals surface area contributed by atoms with Crippen LogP contribution in [0, 0.1) is 42.4 Å². The molecule has 0 spiro atoms. The van der Waals surface area contributed by atoms with Gasteiger partial charge in [0.2, 0.25) is 0 Å². The Balaban J connectivity index is 1.18. The molecule has 5 aliphatic rings. The molecule has 4 aliphatic carbocycles. The van der Waals surface area contributed by atoms with Gasteiger partial charge in [-0.3, -0.25) is 9.59 Å². The van der Waals surface area contributed by atoms with Crippen LogP contribution >= 0.6 is 0 Å². The first kappa shape index (κ1) is 31.3. The second-order valence-corrected chi connectivity index (χ2v) is 15.3. The molecule has 0 amide bonds. The zero-order valence-corrected chi connectivity index (χ0v) is 28.6. The molecule has 3 aromatic carbocycles. The Bertz CT molecular complexity index is 1780. The minimum absolute atomic E-state index is 0.00730. The van der Waals surface area contributed by atoms with E-state index >= 15 is 0 Å². The van der Waals surface area contributed by atoms with Gasteiger partial charge in [0, 0.05) is 16.7 Å². The fourth-order valence-corrected chi connectivity index (χ4v) is 9.61. The predicted molar refractivity (Wildman–Crippen MR) is 182 cm³/mol. The van der Waals surface area contributed by atoms with E-state index in [1.165, 1.54) is 25.7 Å². The minimum atomic E-state index is -1.23. The number of aryl methyl sites for hydroxylation is 2. The van der Waals surface area contributed by atoms with E-state index in [0.29, 0.717) is 47.2 Å². The van der Waals surface area contributed by atoms with Crippen molar-refractivity contribution in [3.8, 4) is 11.5 Å². The summed E-state index contributed by atoms with van der Waals surface area (Å²) in [5, 5.41) is 0. The highest BCUT2D eigenvalue weighted by Crippen LogP contribution is 2.57. The van der Waals surface area contributed by atoms with Crippen LogP contribution < -0.4 is 9.47 Å². The molecule has 0 bridgehead atoms. The smallest absolute Gasteiger partial charge is 0.340 e. The normalized spacial score (nSPS) is 29.7. The molecule has 0 N–H and O–H groups in total. The summed E-state index contributed by atoms with van der Waals surface area (Å²) in [4.78, 5) is 40.3. The third-order valence-corrected chi connectivity index (χ3v) is 12.3. The number of hydrogen-bond acceptors (Lipinski definition) is 6. The molecule has 0 saturated heterocycles. The summed E-state index contributed by atoms with van der Waals surface area (Å²) in [5.41, 5.74) is 4.36. The Kier molecular flexibility index (Phi) is 7.76. The Hall–Kier alpha value is -3.93. The standard InChI is InChI=1S/C42H46O6/c1-5-25-21-34(24(4)20-36(25)47-41(45)38-29-14-8-9-15-30(29)38)42(33-17-11-10-16-31(33)39(43)48-42)26-18-19-35(32(22-26)23(2)3)46-40(44)37-27-12-6-7-13-28(27)37/h10-11,16-23,27-30,37-38H,5-9,12-15H2,1-4H3. The summed E-state index contributed by atoms with van der Waals surface area (Å²) in [7, 11) is 0. The molecule has 5 unspecified atom stereocenters. The van der Waals surface area contributed by atoms with E-state index in [1.807, 2.05) is 49.4 Å². The van der Waals surface area contributed by atoms with E-state index in [4.69, 9.17) is 14.2 Å². The van der Waals surface area contributed by atoms with E-state index in [9.17, 15) is 14.4 Å². The lowest BCUT2D eigenvalue weighted by molar-refractivity contribution is -0.137. The first-order valence-electron chi connectivity index (χ1n) is 18.3. The summed E-state index contributed by atoms with van der Waals surface area (Å²) in [6.07, 6.45) is 9.91. The maximum atomic E-state index is 13.6. The van der Waals surface area contributed by atoms with Crippen LogP contribution in [0.5, 0.6) is 11.5 Å². The summed E-state index contributed by atoms with van der Waals surface area (Å²) >= 11 is 0. The van der Waals surface area contributed by atoms with Gasteiger partial charge in [-0.15, -0.1) is 0 Å². The average Bonchev–Trinajstić information content (AvgIpc) is 3.99. The molecular formula is C42H46O6. The zero-order chi connectivity index (χ0) is 33.3. The molecule has 1 aliphatic heterocycles. The van der Waals surface area contributed by atoms with Crippen LogP contribution in [0.3, 0.4) is 0 Å². The topological polar surface area (TPSA) is 78.9 Å². The molecule has 4 fully saturated rings. The predicted octanol–water partition coefficient (Wildman–Crippen LogP) is 8.83. The molecule has 6 nitrogen and oxygen atoms in total. The van der Waals surface area contributed by atoms with Gasteiger partial charge in [-0.2, -0.15) is 0 Å². The summed E-state index contributed by atoms with van der Waals surface area (Å²) in [6.45, 7) is 8.23. The molecule has 5 atom stereocenters. The number of hydrogen-bond donors (Lipinski definition) is 0. The lowest BCUT2D eigenvalue weighted by Crippen LogP contribution is -2.31. The lowest BCUT2D eigenvalue weighted by atomic mass is 9.76. The van der Waals surface area contributed by atoms with Crippen molar-refractivity contribution in [3.63, 3.8) is 0 Å². The van der Waals surface area contributed by atoms with Crippen molar-refractivity contribution < 1.29 is 28.6 Å². The largest absolute Gasteiger partial charge is 0.441 e. The van der Waals surface area contributed by atoms with E-state index in [-0.39, 0.29) is 35.7 Å². The van der Waals surface area contributed by atoms with Crippen molar-refractivity contribution in [1.82, 2.24) is 0 Å². The highest BCUT2D eigenvalue weighted by molar-refractivity contribution is 5.96. The molecule has 250 valence electrons. The van der Waals surface area contributed by atoms with Crippen molar-refractivity contribution >= 4 is 17.9 Å². The van der Waals surface area contributed by atoms with E-state index in [0.717, 1.165) is 59.1 Å². The summed E-state index contributed by atoms with van der Waals surface area (Å²) in [6, 6.07) is 17.5. The van der Waals surface area contributed by atoms with Crippen molar-refractivity contribution in [2.24, 2.45) is 35.5 Å². The number of benzene rings is 3. The van der Waals surface area contributed by atoms with Gasteiger partial charge in [0.25, 0.3) is 0 Å². The second kappa shape index (κ2) is 11.9. The lowest BCUT2D eigenvalue weighted by Gasteiger charge is -2.33. The van der Waals surface area contributed by atoms with Crippen LogP contribution in [-0.4, -0.2) is 17.9 Å². The Morgan fingerprint density at radius 3 is 1.96 bits per heavy atom. The monoisotopic (exact) mass is 646 g/mol. The summed E-state index contributed by atoms with van der Waals surface area (Å²) < 4.78 is 18.8. The van der Waals surface area contributed by atoms with Crippen LogP contribution in [0.25, 0.3) is 0 Å². The van der Waals surface area contributed by atoms with Crippen LogP contribution in [0.4, 0.5) is 0 Å². The number of carbonyl (C=O) groups is 3. The Morgan fingerprint density at radius 2 is 1.38 bits per heavy atom. The quantitative estimate of drug-likeness (QED) is 0.180. The van der Waals surface area contributed by atoms with Crippen molar-refractivity contribution in [2.45, 2.75) is 97.0 Å². The fourth-order valence-electron chi connectivity index (χ4n) is 9.61. The summed E-state index contributed by atoms with van der Waals surface area (Å²) in [5.74, 6) is 2.51. The highest BCUT2D eigenvalue weighted by Gasteiger charge is 2.57. The van der Waals surface area contributed by atoms with Gasteiger partial charge in [-0.05, 0) is 116 Å². The molecule has 8 rings (SSSR count). The van der Waals surface area contributed by atoms with Gasteiger partial charge in [0.05, 0.1) is 17.4 Å². The van der Waals surface area contributed by atoms with E-state index in [2.05, 4.69) is 32.9 Å². The number of fused-ring (bicyclic) bond motifs is 3. The van der Waals surface area contributed by atoms with Gasteiger partial charge < -0.3 is 14.2 Å². The maximum Gasteiger partial charge on any atom is 0.340 e. The molecule has 0 radical (unpaired) electrons. The molecule has 1 heterocycles. The number of ether oxygens (including phenoxy) is 3. The third-order valence-electron chi connectivity index (χ3n) is 12.3. The van der Waals surface area contributed by atoms with Gasteiger partial charge in [0.15, 0.2) is 5.60 Å². The first-order chi connectivity index (χ1) is 23.2. The van der Waals surface area contributed by atoms with Crippen LogP contribution in [-0.2, 0) is 26.3 Å². The number of carbonyl (C=O) groups excluding carboxylic acids is 3. The van der Waals surface area contributed by atoms with E-state index in [1.54, 1.807) is 0 Å². The van der Waals surface area contributed by atoms with Crippen molar-refractivity contribution in [1.29, 1.82) is 0 Å². The molecule has 4 saturated carbocycles. The second-order valence-electron chi connectivity index (χ2n) is 15.3. The van der Waals surface area contributed by atoms with Crippen LogP contribution in [0.15, 0.2) is 54.6 Å². The van der Waals surface area contributed by atoms with E-state index < -0.39 is 5.60 Å². The molecule has 0 aromatic heterocycles. The third kappa shape index (κ3) is 5.01. The molecule has 48 heavy (non-hydrogen) atoms. The van der Waals surface area contributed by atoms with Gasteiger partial charge >= 0.3 is 17.9 Å². The first-order valence-corrected chi connectivity index (χ1v) is 18.3. The Morgan fingerprint density at radius 1 is 0.792 bits per heavy atom. The van der Waals surface area contributed by atoms with Gasteiger partial charge in [0.1, 0.15) is 11.5 Å². The van der Waals surface area contributed by atoms with Gasteiger partial charge in [-0.25, -0.2) is 4.79 Å². The van der Waals surface area contributed by atoms with Gasteiger partial charge in [-0.1, -0.05) is 70.7 Å². The number of rotatable bonds is 8.